The molecule has 0 aliphatic carbocycles. The van der Waals surface area contributed by atoms with Gasteiger partial charge in [-0.05, 0) is 51.1 Å². The number of fused-ring (bicyclic) bond motifs is 1. The first kappa shape index (κ1) is 15.0. The van der Waals surface area contributed by atoms with E-state index in [0.29, 0.717) is 23.1 Å². The highest BCUT2D eigenvalue weighted by Crippen LogP contribution is 2.25. The molecule has 3 aromatic rings. The summed E-state index contributed by atoms with van der Waals surface area (Å²) in [7, 11) is 0. The van der Waals surface area contributed by atoms with Gasteiger partial charge in [0.05, 0.1) is 11.0 Å². The van der Waals surface area contributed by atoms with Crippen molar-refractivity contribution in [2.24, 2.45) is 0 Å². The molecule has 0 spiro atoms. The molecule has 0 saturated carbocycles. The molecule has 3 rings (SSSR count). The summed E-state index contributed by atoms with van der Waals surface area (Å²) in [6, 6.07) is 8.69. The minimum Gasteiger partial charge on any atom is -0.453 e. The summed E-state index contributed by atoms with van der Waals surface area (Å²) >= 11 is 0. The molecule has 0 N–H and O–H groups in total. The third-order valence-electron chi connectivity index (χ3n) is 3.16. The number of rotatable bonds is 2. The molecular weight excluding hydrogens is 296 g/mol. The third kappa shape index (κ3) is 3.01. The number of aromatic nitrogens is 2. The monoisotopic (exact) mass is 312 g/mol. The molecule has 6 nitrogen and oxygen atoms in total. The molecule has 0 atom stereocenters. The number of imidazole rings is 1. The van der Waals surface area contributed by atoms with Crippen LogP contribution in [0.3, 0.4) is 0 Å². The lowest BCUT2D eigenvalue weighted by Crippen LogP contribution is -2.26. The van der Waals surface area contributed by atoms with Crippen LogP contribution in [0.25, 0.3) is 22.4 Å². The van der Waals surface area contributed by atoms with Gasteiger partial charge in [-0.1, -0.05) is 0 Å². The fraction of sp³-hybridized carbons (Fsp3) is 0.235. The molecule has 0 amide bonds. The summed E-state index contributed by atoms with van der Waals surface area (Å²) in [5, 5.41) is 0. The molecule has 0 bridgehead atoms. The van der Waals surface area contributed by atoms with Gasteiger partial charge >= 0.3 is 6.09 Å². The molecule has 0 fully saturated rings. The predicted molar refractivity (Wildman–Crippen MR) is 84.5 cm³/mol. The van der Waals surface area contributed by atoms with E-state index in [0.717, 1.165) is 5.56 Å². The zero-order valence-electron chi connectivity index (χ0n) is 13.1. The van der Waals surface area contributed by atoms with Gasteiger partial charge in [-0.2, -0.15) is 0 Å². The highest BCUT2D eigenvalue weighted by atomic mass is 16.6. The minimum atomic E-state index is -0.576. The number of hydrogen-bond acceptors (Lipinski definition) is 5. The van der Waals surface area contributed by atoms with Crippen LogP contribution in [0.1, 0.15) is 31.3 Å². The van der Waals surface area contributed by atoms with E-state index in [-0.39, 0.29) is 5.76 Å². The number of benzene rings is 1. The second-order valence-corrected chi connectivity index (χ2v) is 6.12. The number of hydrogen-bond donors (Lipinski definition) is 0. The summed E-state index contributed by atoms with van der Waals surface area (Å²) in [5.41, 5.74) is 1.48. The Morgan fingerprint density at radius 2 is 2.04 bits per heavy atom. The SMILES string of the molecule is CC(C)(C)OC(=O)n1cnc2cc(-c3ccc(C=O)o3)ccc21. The van der Waals surface area contributed by atoms with Gasteiger partial charge in [-0.15, -0.1) is 0 Å². The van der Waals surface area contributed by atoms with Crippen molar-refractivity contribution < 1.29 is 18.7 Å². The van der Waals surface area contributed by atoms with E-state index in [1.165, 1.54) is 10.9 Å². The molecule has 0 aliphatic heterocycles. The van der Waals surface area contributed by atoms with Gasteiger partial charge in [0.2, 0.25) is 0 Å². The lowest BCUT2D eigenvalue weighted by atomic mass is 10.1. The average Bonchev–Trinajstić information content (AvgIpc) is 3.11. The first-order chi connectivity index (χ1) is 10.9. The smallest absolute Gasteiger partial charge is 0.420 e. The molecule has 0 radical (unpaired) electrons. The molecule has 0 saturated heterocycles. The lowest BCUT2D eigenvalue weighted by molar-refractivity contribution is 0.0543. The number of aldehydes is 1. The molecule has 0 unspecified atom stereocenters. The second-order valence-electron chi connectivity index (χ2n) is 6.12. The number of carbonyl (C=O) groups excluding carboxylic acids is 2. The topological polar surface area (TPSA) is 74.3 Å². The number of carbonyl (C=O) groups is 2. The maximum absolute atomic E-state index is 12.2. The Morgan fingerprint density at radius 1 is 1.26 bits per heavy atom. The van der Waals surface area contributed by atoms with Crippen LogP contribution in [-0.2, 0) is 4.74 Å². The van der Waals surface area contributed by atoms with E-state index in [1.54, 1.807) is 30.3 Å². The number of nitrogens with zero attached hydrogens (tertiary/aromatic N) is 2. The summed E-state index contributed by atoms with van der Waals surface area (Å²) in [4.78, 5) is 27.1. The molecule has 1 aromatic carbocycles. The molecule has 6 heteroatoms. The average molecular weight is 312 g/mol. The Kier molecular flexibility index (Phi) is 3.52. The van der Waals surface area contributed by atoms with E-state index in [1.807, 2.05) is 20.8 Å². The fourth-order valence-corrected chi connectivity index (χ4v) is 2.19. The molecule has 118 valence electrons. The standard InChI is InChI=1S/C17H16N2O4/c1-17(2,3)23-16(21)19-10-18-13-8-11(4-6-14(13)19)15-7-5-12(9-20)22-15/h4-10H,1-3H3. The Balaban J connectivity index is 1.97. The zero-order chi connectivity index (χ0) is 16.6. The van der Waals surface area contributed by atoms with Gasteiger partial charge in [0.25, 0.3) is 0 Å². The van der Waals surface area contributed by atoms with Crippen molar-refractivity contribution in [2.75, 3.05) is 0 Å². The van der Waals surface area contributed by atoms with E-state index in [4.69, 9.17) is 9.15 Å². The summed E-state index contributed by atoms with van der Waals surface area (Å²) in [6.07, 6.45) is 1.61. The Hall–Kier alpha value is -2.89. The predicted octanol–water partition coefficient (Wildman–Crippen LogP) is 3.89. The molecular formula is C17H16N2O4. The van der Waals surface area contributed by atoms with Gasteiger partial charge in [-0.3, -0.25) is 4.79 Å². The Bertz CT molecular complexity index is 884. The van der Waals surface area contributed by atoms with Crippen LogP contribution < -0.4 is 0 Å². The van der Waals surface area contributed by atoms with E-state index < -0.39 is 11.7 Å². The largest absolute Gasteiger partial charge is 0.453 e. The van der Waals surface area contributed by atoms with E-state index in [2.05, 4.69) is 4.98 Å². The van der Waals surface area contributed by atoms with Crippen molar-refractivity contribution in [2.45, 2.75) is 26.4 Å². The van der Waals surface area contributed by atoms with Crippen molar-refractivity contribution in [3.63, 3.8) is 0 Å². The van der Waals surface area contributed by atoms with Crippen molar-refractivity contribution in [3.05, 3.63) is 42.4 Å². The van der Waals surface area contributed by atoms with E-state index in [9.17, 15) is 9.59 Å². The van der Waals surface area contributed by atoms with Gasteiger partial charge in [-0.25, -0.2) is 14.3 Å². The van der Waals surface area contributed by atoms with Crippen LogP contribution in [-0.4, -0.2) is 27.5 Å². The van der Waals surface area contributed by atoms with Gasteiger partial charge < -0.3 is 9.15 Å². The normalized spacial score (nSPS) is 11.6. The first-order valence-corrected chi connectivity index (χ1v) is 7.13. The second kappa shape index (κ2) is 5.39. The quantitative estimate of drug-likeness (QED) is 0.671. The van der Waals surface area contributed by atoms with Crippen LogP contribution >= 0.6 is 0 Å². The van der Waals surface area contributed by atoms with Crippen molar-refractivity contribution in [1.82, 2.24) is 9.55 Å². The van der Waals surface area contributed by atoms with Crippen molar-refractivity contribution in [1.29, 1.82) is 0 Å². The maximum atomic E-state index is 12.2. The van der Waals surface area contributed by atoms with Crippen LogP contribution in [0, 0.1) is 0 Å². The van der Waals surface area contributed by atoms with Gasteiger partial charge in [0.15, 0.2) is 12.0 Å². The van der Waals surface area contributed by atoms with Gasteiger partial charge in [0, 0.05) is 5.56 Å². The zero-order valence-corrected chi connectivity index (χ0v) is 13.1. The highest BCUT2D eigenvalue weighted by Gasteiger charge is 2.19. The maximum Gasteiger partial charge on any atom is 0.420 e. The Morgan fingerprint density at radius 3 is 2.70 bits per heavy atom. The fourth-order valence-electron chi connectivity index (χ4n) is 2.19. The van der Waals surface area contributed by atoms with Crippen LogP contribution in [0.4, 0.5) is 4.79 Å². The number of ether oxygens (including phenoxy) is 1. The van der Waals surface area contributed by atoms with Crippen LogP contribution in [0.15, 0.2) is 41.1 Å². The summed E-state index contributed by atoms with van der Waals surface area (Å²) in [5.74, 6) is 0.834. The highest BCUT2D eigenvalue weighted by molar-refractivity contribution is 5.89. The first-order valence-electron chi connectivity index (χ1n) is 7.13. The molecule has 0 aliphatic rings. The van der Waals surface area contributed by atoms with E-state index >= 15 is 0 Å². The van der Waals surface area contributed by atoms with Crippen LogP contribution in [0.5, 0.6) is 0 Å². The molecule has 23 heavy (non-hydrogen) atoms. The minimum absolute atomic E-state index is 0.263. The molecule has 2 heterocycles. The van der Waals surface area contributed by atoms with Crippen molar-refractivity contribution in [3.8, 4) is 11.3 Å². The number of furan rings is 1. The third-order valence-corrected chi connectivity index (χ3v) is 3.16. The van der Waals surface area contributed by atoms with Crippen LogP contribution in [0.2, 0.25) is 0 Å². The molecule has 2 aromatic heterocycles. The summed E-state index contributed by atoms with van der Waals surface area (Å²) < 4.78 is 12.1. The summed E-state index contributed by atoms with van der Waals surface area (Å²) in [6.45, 7) is 5.43. The van der Waals surface area contributed by atoms with Crippen molar-refractivity contribution >= 4 is 23.4 Å². The lowest BCUT2D eigenvalue weighted by Gasteiger charge is -2.19. The Labute approximate surface area is 132 Å². The van der Waals surface area contributed by atoms with Gasteiger partial charge in [0.1, 0.15) is 17.7 Å².